The third-order valence-electron chi connectivity index (χ3n) is 3.69. The topological polar surface area (TPSA) is 29.9 Å². The quantitative estimate of drug-likeness (QED) is 0.893. The lowest BCUT2D eigenvalue weighted by Gasteiger charge is -2.14. The number of rotatable bonds is 3. The van der Waals surface area contributed by atoms with E-state index in [9.17, 15) is 0 Å². The van der Waals surface area contributed by atoms with E-state index in [0.717, 1.165) is 19.6 Å². The summed E-state index contributed by atoms with van der Waals surface area (Å²) in [6, 6.07) is 10.6. The van der Waals surface area contributed by atoms with E-state index in [1.807, 2.05) is 6.20 Å². The molecule has 0 saturated carbocycles. The van der Waals surface area contributed by atoms with E-state index in [-0.39, 0.29) is 0 Å². The number of aromatic nitrogens is 2. The third kappa shape index (κ3) is 2.18. The molecule has 3 nitrogen and oxygen atoms in total. The standard InChI is InChI=1S/C15H19N3/c1-12-9-17-15(14-7-8-16-10-14)18(12)11-13-5-3-2-4-6-13/h2-6,9,14,16H,7-8,10-11H2,1H3/t14-/m1/s1. The molecule has 0 unspecified atom stereocenters. The molecule has 1 fully saturated rings. The molecule has 2 aromatic rings. The van der Waals surface area contributed by atoms with Gasteiger partial charge in [-0.15, -0.1) is 0 Å². The Kier molecular flexibility index (Phi) is 3.15. The molecule has 0 spiro atoms. The molecule has 0 radical (unpaired) electrons. The van der Waals surface area contributed by atoms with Crippen LogP contribution in [0.5, 0.6) is 0 Å². The fourth-order valence-electron chi connectivity index (χ4n) is 2.65. The predicted molar refractivity (Wildman–Crippen MR) is 72.7 cm³/mol. The first-order valence-electron chi connectivity index (χ1n) is 6.61. The van der Waals surface area contributed by atoms with Crippen LogP contribution in [0.1, 0.15) is 29.4 Å². The van der Waals surface area contributed by atoms with Gasteiger partial charge >= 0.3 is 0 Å². The lowest BCUT2D eigenvalue weighted by Crippen LogP contribution is -2.14. The Labute approximate surface area is 108 Å². The van der Waals surface area contributed by atoms with E-state index < -0.39 is 0 Å². The highest BCUT2D eigenvalue weighted by atomic mass is 15.1. The van der Waals surface area contributed by atoms with Gasteiger partial charge in [0.25, 0.3) is 0 Å². The highest BCUT2D eigenvalue weighted by Gasteiger charge is 2.22. The zero-order valence-corrected chi connectivity index (χ0v) is 10.8. The second-order valence-electron chi connectivity index (χ2n) is 5.02. The average molecular weight is 241 g/mol. The van der Waals surface area contributed by atoms with Crippen LogP contribution >= 0.6 is 0 Å². The van der Waals surface area contributed by atoms with Gasteiger partial charge in [-0.3, -0.25) is 0 Å². The van der Waals surface area contributed by atoms with Crippen molar-refractivity contribution in [2.75, 3.05) is 13.1 Å². The first kappa shape index (κ1) is 11.5. The fourth-order valence-corrected chi connectivity index (χ4v) is 2.65. The lowest BCUT2D eigenvalue weighted by atomic mass is 10.1. The minimum atomic E-state index is 0.572. The number of aryl methyl sites for hydroxylation is 1. The predicted octanol–water partition coefficient (Wildman–Crippen LogP) is 2.32. The van der Waals surface area contributed by atoms with Crippen molar-refractivity contribution in [1.82, 2.24) is 14.9 Å². The SMILES string of the molecule is Cc1cnc([C@@H]2CCNC2)n1Cc1ccccc1. The zero-order chi connectivity index (χ0) is 12.4. The summed E-state index contributed by atoms with van der Waals surface area (Å²) < 4.78 is 2.35. The van der Waals surface area contributed by atoms with E-state index >= 15 is 0 Å². The summed E-state index contributed by atoms with van der Waals surface area (Å²) in [5, 5.41) is 3.42. The van der Waals surface area contributed by atoms with Crippen molar-refractivity contribution in [1.29, 1.82) is 0 Å². The van der Waals surface area contributed by atoms with Crippen molar-refractivity contribution in [2.24, 2.45) is 0 Å². The Bertz CT molecular complexity index is 510. The van der Waals surface area contributed by atoms with Gasteiger partial charge in [0.05, 0.1) is 0 Å². The molecule has 0 bridgehead atoms. The van der Waals surface area contributed by atoms with Gasteiger partial charge in [0.15, 0.2) is 0 Å². The molecule has 1 saturated heterocycles. The van der Waals surface area contributed by atoms with Crippen LogP contribution in [0, 0.1) is 6.92 Å². The molecule has 1 atom stereocenters. The Morgan fingerprint density at radius 2 is 2.17 bits per heavy atom. The zero-order valence-electron chi connectivity index (χ0n) is 10.8. The van der Waals surface area contributed by atoms with Gasteiger partial charge in [-0.05, 0) is 25.5 Å². The molecule has 3 rings (SSSR count). The monoisotopic (exact) mass is 241 g/mol. The van der Waals surface area contributed by atoms with Crippen molar-refractivity contribution in [3.8, 4) is 0 Å². The number of imidazole rings is 1. The van der Waals surface area contributed by atoms with Crippen LogP contribution in [0.15, 0.2) is 36.5 Å². The van der Waals surface area contributed by atoms with Gasteiger partial charge < -0.3 is 9.88 Å². The van der Waals surface area contributed by atoms with Crippen LogP contribution in [0.4, 0.5) is 0 Å². The largest absolute Gasteiger partial charge is 0.328 e. The fraction of sp³-hybridized carbons (Fsp3) is 0.400. The molecule has 3 heteroatoms. The summed E-state index contributed by atoms with van der Waals surface area (Å²) in [6.45, 7) is 5.24. The summed E-state index contributed by atoms with van der Waals surface area (Å²) >= 11 is 0. The molecular weight excluding hydrogens is 222 g/mol. The first-order chi connectivity index (χ1) is 8.84. The molecule has 0 amide bonds. The molecule has 2 heterocycles. The van der Waals surface area contributed by atoms with E-state index in [1.165, 1.54) is 23.5 Å². The van der Waals surface area contributed by atoms with Crippen molar-refractivity contribution < 1.29 is 0 Å². The van der Waals surface area contributed by atoms with Crippen molar-refractivity contribution in [3.05, 3.63) is 53.6 Å². The van der Waals surface area contributed by atoms with Gasteiger partial charge in [0.2, 0.25) is 0 Å². The number of nitrogens with one attached hydrogen (secondary N) is 1. The van der Waals surface area contributed by atoms with Crippen molar-refractivity contribution >= 4 is 0 Å². The first-order valence-corrected chi connectivity index (χ1v) is 6.61. The van der Waals surface area contributed by atoms with Gasteiger partial charge in [0.1, 0.15) is 5.82 Å². The van der Waals surface area contributed by atoms with Crippen molar-refractivity contribution in [2.45, 2.75) is 25.8 Å². The Morgan fingerprint density at radius 3 is 2.89 bits per heavy atom. The highest BCUT2D eigenvalue weighted by molar-refractivity contribution is 5.19. The molecule has 1 N–H and O–H groups in total. The lowest BCUT2D eigenvalue weighted by molar-refractivity contribution is 0.624. The molecule has 1 aromatic carbocycles. The van der Waals surface area contributed by atoms with E-state index in [2.05, 4.69) is 52.1 Å². The van der Waals surface area contributed by atoms with E-state index in [4.69, 9.17) is 0 Å². The summed E-state index contributed by atoms with van der Waals surface area (Å²) in [4.78, 5) is 4.62. The number of nitrogens with zero attached hydrogens (tertiary/aromatic N) is 2. The van der Waals surface area contributed by atoms with Crippen LogP contribution in [-0.4, -0.2) is 22.6 Å². The van der Waals surface area contributed by atoms with Gasteiger partial charge in [-0.25, -0.2) is 4.98 Å². The molecule has 94 valence electrons. The molecule has 0 aliphatic carbocycles. The maximum atomic E-state index is 4.62. The van der Waals surface area contributed by atoms with Gasteiger partial charge in [0, 0.05) is 30.9 Å². The van der Waals surface area contributed by atoms with Crippen molar-refractivity contribution in [3.63, 3.8) is 0 Å². The maximum Gasteiger partial charge on any atom is 0.113 e. The van der Waals surface area contributed by atoms with E-state index in [0.29, 0.717) is 5.92 Å². The summed E-state index contributed by atoms with van der Waals surface area (Å²) in [5.41, 5.74) is 2.59. The minimum Gasteiger partial charge on any atom is -0.328 e. The Morgan fingerprint density at radius 1 is 1.33 bits per heavy atom. The van der Waals surface area contributed by atoms with Crippen LogP contribution in [0.3, 0.4) is 0 Å². The molecule has 18 heavy (non-hydrogen) atoms. The maximum absolute atomic E-state index is 4.62. The minimum absolute atomic E-state index is 0.572. The van der Waals surface area contributed by atoms with Crippen LogP contribution < -0.4 is 5.32 Å². The molecule has 1 aliphatic heterocycles. The Balaban J connectivity index is 1.88. The van der Waals surface area contributed by atoms with Crippen LogP contribution in [0.2, 0.25) is 0 Å². The third-order valence-corrected chi connectivity index (χ3v) is 3.69. The smallest absolute Gasteiger partial charge is 0.113 e. The average Bonchev–Trinajstić information content (AvgIpc) is 3.02. The number of hydrogen-bond acceptors (Lipinski definition) is 2. The normalized spacial score (nSPS) is 19.3. The second kappa shape index (κ2) is 4.94. The Hall–Kier alpha value is -1.61. The summed E-state index contributed by atoms with van der Waals surface area (Å²) in [6.07, 6.45) is 3.20. The molecular formula is C15H19N3. The van der Waals surface area contributed by atoms with Gasteiger partial charge in [-0.1, -0.05) is 30.3 Å². The van der Waals surface area contributed by atoms with Gasteiger partial charge in [-0.2, -0.15) is 0 Å². The summed E-state index contributed by atoms with van der Waals surface area (Å²) in [7, 11) is 0. The van der Waals surface area contributed by atoms with Crippen LogP contribution in [-0.2, 0) is 6.54 Å². The van der Waals surface area contributed by atoms with E-state index in [1.54, 1.807) is 0 Å². The second-order valence-corrected chi connectivity index (χ2v) is 5.02. The molecule has 1 aromatic heterocycles. The number of benzene rings is 1. The summed E-state index contributed by atoms with van der Waals surface area (Å²) in [5.74, 6) is 1.81. The number of hydrogen-bond donors (Lipinski definition) is 1. The molecule has 1 aliphatic rings. The van der Waals surface area contributed by atoms with Crippen LogP contribution in [0.25, 0.3) is 0 Å². The highest BCUT2D eigenvalue weighted by Crippen LogP contribution is 2.23.